The Morgan fingerprint density at radius 1 is 1.35 bits per heavy atom. The smallest absolute Gasteiger partial charge is 0.266 e. The van der Waals surface area contributed by atoms with E-state index in [-0.39, 0.29) is 28.2 Å². The van der Waals surface area contributed by atoms with Gasteiger partial charge in [0.15, 0.2) is 0 Å². The molecular formula is C19H28F2N6O2S2. The van der Waals surface area contributed by atoms with Crippen LogP contribution >= 0.6 is 11.5 Å². The fraction of sp³-hybridized carbons (Fsp3) is 0.579. The van der Waals surface area contributed by atoms with Crippen molar-refractivity contribution in [3.05, 3.63) is 30.1 Å². The molecule has 172 valence electrons. The first-order valence-corrected chi connectivity index (χ1v) is 12.2. The Labute approximate surface area is 185 Å². The Bertz CT molecular complexity index is 999. The summed E-state index contributed by atoms with van der Waals surface area (Å²) in [5, 5.41) is 6.35. The summed E-state index contributed by atoms with van der Waals surface area (Å²) in [4.78, 5) is 2.89. The number of anilines is 2. The fourth-order valence-electron chi connectivity index (χ4n) is 3.75. The average Bonchev–Trinajstić information content (AvgIpc) is 3.29. The van der Waals surface area contributed by atoms with E-state index in [1.807, 2.05) is 6.92 Å². The second kappa shape index (κ2) is 9.31. The molecule has 0 amide bonds. The monoisotopic (exact) mass is 474 g/mol. The number of aromatic nitrogens is 2. The quantitative estimate of drug-likeness (QED) is 0.441. The van der Waals surface area contributed by atoms with Gasteiger partial charge in [-0.3, -0.25) is 4.72 Å². The van der Waals surface area contributed by atoms with Crippen molar-refractivity contribution in [2.24, 2.45) is 17.1 Å². The lowest BCUT2D eigenvalue weighted by Crippen LogP contribution is -2.37. The van der Waals surface area contributed by atoms with Gasteiger partial charge in [-0.25, -0.2) is 22.2 Å². The zero-order valence-corrected chi connectivity index (χ0v) is 19.3. The molecule has 5 N–H and O–H groups in total. The van der Waals surface area contributed by atoms with Crippen LogP contribution in [0.15, 0.2) is 23.4 Å². The first-order chi connectivity index (χ1) is 14.5. The van der Waals surface area contributed by atoms with Crippen LogP contribution in [-0.2, 0) is 10.0 Å². The van der Waals surface area contributed by atoms with Crippen molar-refractivity contribution in [2.75, 3.05) is 23.1 Å². The van der Waals surface area contributed by atoms with Crippen LogP contribution in [0.3, 0.4) is 0 Å². The maximum absolute atomic E-state index is 14.6. The first kappa shape index (κ1) is 23.8. The molecule has 31 heavy (non-hydrogen) atoms. The molecule has 0 radical (unpaired) electrons. The third kappa shape index (κ3) is 6.09. The fourth-order valence-corrected chi connectivity index (χ4v) is 5.48. The van der Waals surface area contributed by atoms with Crippen LogP contribution in [-0.4, -0.2) is 42.9 Å². The lowest BCUT2D eigenvalue weighted by molar-refractivity contribution is 0.352. The van der Waals surface area contributed by atoms with E-state index in [0.29, 0.717) is 18.7 Å². The van der Waals surface area contributed by atoms with Crippen LogP contribution in [0.2, 0.25) is 0 Å². The molecule has 1 aliphatic heterocycles. The molecule has 0 aliphatic carbocycles. The second-order valence-electron chi connectivity index (χ2n) is 8.80. The SMILES string of the molecule is C[C@@H](N)C(CNc1cc(F)c(S(=O)(=O)Nc2ncns2)cc1F)CC1CC(C)(C)CN1. The van der Waals surface area contributed by atoms with Crippen molar-refractivity contribution in [2.45, 2.75) is 50.6 Å². The number of nitrogens with zero attached hydrogens (tertiary/aromatic N) is 2. The Kier molecular flexibility index (Phi) is 7.14. The van der Waals surface area contributed by atoms with E-state index >= 15 is 0 Å². The first-order valence-electron chi connectivity index (χ1n) is 9.98. The summed E-state index contributed by atoms with van der Waals surface area (Å²) < 4.78 is 59.6. The van der Waals surface area contributed by atoms with Crippen molar-refractivity contribution < 1.29 is 17.2 Å². The second-order valence-corrected chi connectivity index (χ2v) is 11.2. The highest BCUT2D eigenvalue weighted by Crippen LogP contribution is 2.31. The van der Waals surface area contributed by atoms with E-state index in [9.17, 15) is 17.2 Å². The summed E-state index contributed by atoms with van der Waals surface area (Å²) in [5.41, 5.74) is 6.24. The van der Waals surface area contributed by atoms with Crippen LogP contribution < -0.4 is 21.1 Å². The van der Waals surface area contributed by atoms with Gasteiger partial charge in [0.1, 0.15) is 22.9 Å². The van der Waals surface area contributed by atoms with Gasteiger partial charge in [-0.2, -0.15) is 4.37 Å². The molecule has 2 heterocycles. The number of hydrogen-bond acceptors (Lipinski definition) is 8. The molecule has 2 aromatic rings. The number of sulfonamides is 1. The highest BCUT2D eigenvalue weighted by molar-refractivity contribution is 7.93. The van der Waals surface area contributed by atoms with Gasteiger partial charge >= 0.3 is 0 Å². The van der Waals surface area contributed by atoms with Crippen LogP contribution in [0.1, 0.15) is 33.6 Å². The van der Waals surface area contributed by atoms with Gasteiger partial charge in [-0.15, -0.1) is 0 Å². The Morgan fingerprint density at radius 3 is 2.68 bits per heavy atom. The number of hydrogen-bond donors (Lipinski definition) is 4. The summed E-state index contributed by atoms with van der Waals surface area (Å²) in [7, 11) is -4.34. The van der Waals surface area contributed by atoms with Crippen molar-refractivity contribution in [3.8, 4) is 0 Å². The molecule has 0 spiro atoms. The topological polar surface area (TPSA) is 122 Å². The molecule has 8 nitrogen and oxygen atoms in total. The molecule has 1 aromatic heterocycles. The molecule has 1 saturated heterocycles. The van der Waals surface area contributed by atoms with E-state index < -0.39 is 26.6 Å². The van der Waals surface area contributed by atoms with Crippen LogP contribution in [0.25, 0.3) is 0 Å². The molecular weight excluding hydrogens is 446 g/mol. The molecule has 0 bridgehead atoms. The van der Waals surface area contributed by atoms with Crippen molar-refractivity contribution in [3.63, 3.8) is 0 Å². The van der Waals surface area contributed by atoms with E-state index in [0.717, 1.165) is 43.3 Å². The third-order valence-electron chi connectivity index (χ3n) is 5.45. The Balaban J connectivity index is 1.69. The van der Waals surface area contributed by atoms with Crippen molar-refractivity contribution >= 4 is 32.4 Å². The van der Waals surface area contributed by atoms with Crippen LogP contribution in [0.4, 0.5) is 19.6 Å². The normalized spacial score (nSPS) is 20.4. The summed E-state index contributed by atoms with van der Waals surface area (Å²) >= 11 is 0.787. The minimum Gasteiger partial charge on any atom is -0.382 e. The molecule has 12 heteroatoms. The third-order valence-corrected chi connectivity index (χ3v) is 7.51. The lowest BCUT2D eigenvalue weighted by Gasteiger charge is -2.25. The Morgan fingerprint density at radius 2 is 2.10 bits per heavy atom. The number of nitrogens with two attached hydrogens (primary N) is 1. The van der Waals surface area contributed by atoms with Gasteiger partial charge in [0.2, 0.25) is 5.13 Å². The predicted octanol–water partition coefficient (Wildman–Crippen LogP) is 2.77. The molecule has 2 unspecified atom stereocenters. The minimum absolute atomic E-state index is 0.0244. The number of rotatable bonds is 9. The van der Waals surface area contributed by atoms with Gasteiger partial charge in [-0.05, 0) is 37.2 Å². The maximum Gasteiger partial charge on any atom is 0.266 e. The van der Waals surface area contributed by atoms with Crippen molar-refractivity contribution in [1.29, 1.82) is 0 Å². The van der Waals surface area contributed by atoms with E-state index in [4.69, 9.17) is 5.73 Å². The lowest BCUT2D eigenvalue weighted by atomic mass is 9.86. The van der Waals surface area contributed by atoms with E-state index in [1.165, 1.54) is 0 Å². The summed E-state index contributed by atoms with van der Waals surface area (Å²) in [6.45, 7) is 7.55. The molecule has 1 fully saturated rings. The number of benzene rings is 1. The summed E-state index contributed by atoms with van der Waals surface area (Å²) in [6, 6.07) is 1.66. The van der Waals surface area contributed by atoms with Gasteiger partial charge in [0.25, 0.3) is 10.0 Å². The predicted molar refractivity (Wildman–Crippen MR) is 118 cm³/mol. The maximum atomic E-state index is 14.6. The molecule has 1 aliphatic rings. The van der Waals surface area contributed by atoms with Crippen LogP contribution in [0, 0.1) is 23.0 Å². The summed E-state index contributed by atoms with van der Waals surface area (Å²) in [5.74, 6) is -1.92. The zero-order chi connectivity index (χ0) is 22.8. The number of nitrogens with one attached hydrogen (secondary N) is 3. The average molecular weight is 475 g/mol. The molecule has 3 atom stereocenters. The highest BCUT2D eigenvalue weighted by Gasteiger charge is 2.32. The van der Waals surface area contributed by atoms with Gasteiger partial charge in [-0.1, -0.05) is 13.8 Å². The highest BCUT2D eigenvalue weighted by atomic mass is 32.2. The largest absolute Gasteiger partial charge is 0.382 e. The standard InChI is InChI=1S/C19H28F2N6O2S2/c1-11(22)12(4-13-7-19(2,3)9-24-13)8-23-16-5-15(21)17(6-14(16)20)31(28,29)27-18-25-10-26-30-18/h5-6,10-13,23-24H,4,7-9,22H2,1-3H3,(H,25,26,27)/t11-,12?,13?/m1/s1. The number of halogens is 2. The summed E-state index contributed by atoms with van der Waals surface area (Å²) in [6.07, 6.45) is 2.98. The van der Waals surface area contributed by atoms with Crippen molar-refractivity contribution in [1.82, 2.24) is 14.7 Å². The minimum atomic E-state index is -4.34. The molecule has 0 saturated carbocycles. The van der Waals surface area contributed by atoms with Gasteiger partial charge < -0.3 is 16.4 Å². The zero-order valence-electron chi connectivity index (χ0n) is 17.7. The van der Waals surface area contributed by atoms with E-state index in [1.54, 1.807) is 0 Å². The molecule has 3 rings (SSSR count). The Hall–Kier alpha value is -1.89. The van der Waals surface area contributed by atoms with Crippen LogP contribution in [0.5, 0.6) is 0 Å². The van der Waals surface area contributed by atoms with Gasteiger partial charge in [0, 0.05) is 42.8 Å². The van der Waals surface area contributed by atoms with Gasteiger partial charge in [0.05, 0.1) is 5.69 Å². The molecule has 1 aromatic carbocycles. The van der Waals surface area contributed by atoms with E-state index in [2.05, 4.69) is 38.6 Å².